The van der Waals surface area contributed by atoms with Crippen molar-refractivity contribution in [1.82, 2.24) is 9.88 Å². The number of rotatable bonds is 2. The van der Waals surface area contributed by atoms with E-state index in [4.69, 9.17) is 4.99 Å². The molecule has 0 amide bonds. The van der Waals surface area contributed by atoms with E-state index in [-0.39, 0.29) is 6.04 Å². The van der Waals surface area contributed by atoms with Crippen LogP contribution in [0.5, 0.6) is 0 Å². The maximum atomic E-state index is 5.52. The number of aromatic nitrogens is 1. The molecule has 1 N–H and O–H groups in total. The van der Waals surface area contributed by atoms with Crippen molar-refractivity contribution in [3.63, 3.8) is 0 Å². The molecule has 0 bridgehead atoms. The molecule has 1 aromatic heterocycles. The molecule has 0 saturated carbocycles. The Morgan fingerprint density at radius 3 is 1.86 bits per heavy atom. The van der Waals surface area contributed by atoms with E-state index in [0.29, 0.717) is 0 Å². The molecule has 9 aromatic carbocycles. The van der Waals surface area contributed by atoms with Crippen LogP contribution in [0.4, 0.5) is 0 Å². The van der Waals surface area contributed by atoms with Crippen molar-refractivity contribution in [2.75, 3.05) is 0 Å². The van der Waals surface area contributed by atoms with Crippen molar-refractivity contribution in [1.29, 1.82) is 0 Å². The Hall–Kier alpha value is -6.71. The van der Waals surface area contributed by atoms with Crippen molar-refractivity contribution in [3.05, 3.63) is 187 Å². The lowest BCUT2D eigenvalue weighted by Gasteiger charge is -2.26. The third-order valence-electron chi connectivity index (χ3n) is 10.8. The second-order valence-electron chi connectivity index (χ2n) is 13.6. The van der Waals surface area contributed by atoms with Gasteiger partial charge < -0.3 is 5.32 Å². The molecule has 3 nitrogen and oxygen atoms in total. The molecule has 0 saturated heterocycles. The Bertz CT molecular complexity index is 3130. The zero-order valence-corrected chi connectivity index (χ0v) is 27.7. The highest BCUT2D eigenvalue weighted by atomic mass is 15.2. The van der Waals surface area contributed by atoms with Crippen molar-refractivity contribution in [2.45, 2.75) is 6.04 Å². The molecule has 1 aliphatic rings. The van der Waals surface area contributed by atoms with Crippen LogP contribution in [0.25, 0.3) is 81.4 Å². The lowest BCUT2D eigenvalue weighted by atomic mass is 9.93. The van der Waals surface area contributed by atoms with Gasteiger partial charge in [-0.25, -0.2) is 4.99 Å². The van der Waals surface area contributed by atoms with Gasteiger partial charge in [0, 0.05) is 27.1 Å². The Morgan fingerprint density at radius 2 is 1.06 bits per heavy atom. The number of hydrogen-bond donors (Lipinski definition) is 1. The van der Waals surface area contributed by atoms with E-state index in [9.17, 15) is 0 Å². The Kier molecular flexibility index (Phi) is 6.02. The minimum atomic E-state index is -0.104. The summed E-state index contributed by atoms with van der Waals surface area (Å²) in [5.74, 6) is 0.815. The summed E-state index contributed by atoms with van der Waals surface area (Å²) in [4.78, 5) is 5.52. The topological polar surface area (TPSA) is 29.3 Å². The summed E-state index contributed by atoms with van der Waals surface area (Å²) < 4.78 is 2.39. The Labute approximate surface area is 294 Å². The fourth-order valence-electron chi connectivity index (χ4n) is 8.38. The van der Waals surface area contributed by atoms with E-state index in [1.807, 2.05) is 0 Å². The fourth-order valence-corrected chi connectivity index (χ4v) is 8.38. The van der Waals surface area contributed by atoms with Gasteiger partial charge in [-0.15, -0.1) is 0 Å². The molecule has 0 radical (unpaired) electrons. The molecule has 11 rings (SSSR count). The van der Waals surface area contributed by atoms with Gasteiger partial charge in [-0.1, -0.05) is 152 Å². The molecule has 10 aromatic rings. The molecular weight excluding hydrogens is 619 g/mol. The second kappa shape index (κ2) is 10.9. The normalized spacial score (nSPS) is 14.9. The largest absolute Gasteiger partial charge is 0.345 e. The van der Waals surface area contributed by atoms with Crippen LogP contribution in [0.2, 0.25) is 0 Å². The average Bonchev–Trinajstić information content (AvgIpc) is 3.55. The number of hydrogen-bond acceptors (Lipinski definition) is 2. The van der Waals surface area contributed by atoms with Crippen LogP contribution in [0, 0.1) is 0 Å². The van der Waals surface area contributed by atoms with Crippen LogP contribution in [0.3, 0.4) is 0 Å². The van der Waals surface area contributed by atoms with Crippen molar-refractivity contribution < 1.29 is 0 Å². The molecule has 51 heavy (non-hydrogen) atoms. The molecule has 0 fully saturated rings. The fraction of sp³-hybridized carbons (Fsp3) is 0.0208. The number of aliphatic imine (C=N–C) groups is 1. The van der Waals surface area contributed by atoms with E-state index >= 15 is 0 Å². The first-order valence-electron chi connectivity index (χ1n) is 17.6. The summed E-state index contributed by atoms with van der Waals surface area (Å²) in [7, 11) is 0. The average molecular weight is 650 g/mol. The number of para-hydroxylation sites is 1. The summed E-state index contributed by atoms with van der Waals surface area (Å²) in [6.45, 7) is 0. The summed E-state index contributed by atoms with van der Waals surface area (Å²) in [5, 5.41) is 18.8. The molecular formula is C48H31N3. The number of benzene rings is 9. The zero-order valence-electron chi connectivity index (χ0n) is 27.7. The Morgan fingerprint density at radius 1 is 0.451 bits per heavy atom. The van der Waals surface area contributed by atoms with Gasteiger partial charge in [0.1, 0.15) is 0 Å². The lowest BCUT2D eigenvalue weighted by Crippen LogP contribution is -2.35. The molecule has 0 aliphatic carbocycles. The zero-order chi connectivity index (χ0) is 33.5. The highest BCUT2D eigenvalue weighted by molar-refractivity contribution is 6.37. The van der Waals surface area contributed by atoms with Crippen LogP contribution < -0.4 is 5.32 Å². The molecule has 238 valence electrons. The van der Waals surface area contributed by atoms with E-state index in [1.54, 1.807) is 0 Å². The van der Waals surface area contributed by atoms with Crippen LogP contribution in [-0.4, -0.2) is 10.5 Å². The Balaban J connectivity index is 1.24. The highest BCUT2D eigenvalue weighted by Gasteiger charge is 2.26. The number of fused-ring (bicyclic) bond motifs is 12. The molecule has 0 spiro atoms. The molecule has 2 heterocycles. The van der Waals surface area contributed by atoms with Crippen LogP contribution in [0.1, 0.15) is 17.2 Å². The van der Waals surface area contributed by atoms with Gasteiger partial charge in [0.15, 0.2) is 0 Å². The van der Waals surface area contributed by atoms with Crippen LogP contribution in [0.15, 0.2) is 181 Å². The third kappa shape index (κ3) is 4.28. The smallest absolute Gasteiger partial charge is 0.209 e. The van der Waals surface area contributed by atoms with Crippen molar-refractivity contribution >= 4 is 87.3 Å². The minimum absolute atomic E-state index is 0.104. The summed E-state index contributed by atoms with van der Waals surface area (Å²) >= 11 is 0. The van der Waals surface area contributed by atoms with Crippen molar-refractivity contribution in [2.24, 2.45) is 4.99 Å². The van der Waals surface area contributed by atoms with E-state index in [1.165, 1.54) is 75.7 Å². The van der Waals surface area contributed by atoms with Gasteiger partial charge in [-0.05, 0) is 72.9 Å². The highest BCUT2D eigenvalue weighted by Crippen LogP contribution is 2.44. The first kappa shape index (κ1) is 28.2. The van der Waals surface area contributed by atoms with Gasteiger partial charge in [-0.2, -0.15) is 0 Å². The van der Waals surface area contributed by atoms with Crippen LogP contribution >= 0.6 is 0 Å². The summed E-state index contributed by atoms with van der Waals surface area (Å²) in [6.07, 6.45) is 2.28. The number of nitrogens with one attached hydrogen (secondary N) is 1. The van der Waals surface area contributed by atoms with E-state index in [0.717, 1.165) is 22.7 Å². The quantitative estimate of drug-likeness (QED) is 0.186. The van der Waals surface area contributed by atoms with Gasteiger partial charge in [0.2, 0.25) is 5.96 Å². The van der Waals surface area contributed by atoms with Gasteiger partial charge in [-0.3, -0.25) is 4.57 Å². The first-order valence-corrected chi connectivity index (χ1v) is 17.6. The maximum absolute atomic E-state index is 5.52. The summed E-state index contributed by atoms with van der Waals surface area (Å²) in [5.41, 5.74) is 5.54. The first-order chi connectivity index (χ1) is 25.3. The molecule has 1 aliphatic heterocycles. The molecule has 3 heteroatoms. The SMILES string of the molecule is C1=C(c2ccc3ccccc3c2)N=C(n2c3ccccc3c3c4c5ccccc5ccc4c4ccccc4c32)NC1c1ccc2ccccc2c1. The van der Waals surface area contributed by atoms with Gasteiger partial charge >= 0.3 is 0 Å². The van der Waals surface area contributed by atoms with Gasteiger partial charge in [0.05, 0.1) is 22.8 Å². The third-order valence-corrected chi connectivity index (χ3v) is 10.8. The van der Waals surface area contributed by atoms with Crippen molar-refractivity contribution in [3.8, 4) is 0 Å². The summed E-state index contributed by atoms with van der Waals surface area (Å²) in [6, 6.07) is 61.5. The minimum Gasteiger partial charge on any atom is -0.345 e. The van der Waals surface area contributed by atoms with E-state index < -0.39 is 0 Å². The molecule has 1 unspecified atom stereocenters. The van der Waals surface area contributed by atoms with Gasteiger partial charge in [0.25, 0.3) is 0 Å². The standard InChI is InChI=1S/C48H31N3/c1-3-14-33-27-35(23-21-30(33)11-1)42-29-43(36-24-22-31-12-2-4-15-34(31)28-36)50-48(49-42)51-44-20-10-9-19-41(44)46-45-37-16-6-5-13-32(37)25-26-39(45)38-17-7-8-18-40(38)47(46)51/h1-29,42H,(H,49,50). The molecule has 1 atom stereocenters. The van der Waals surface area contributed by atoms with Crippen LogP contribution in [-0.2, 0) is 0 Å². The van der Waals surface area contributed by atoms with E-state index in [2.05, 4.69) is 186 Å². The second-order valence-corrected chi connectivity index (χ2v) is 13.6. The number of nitrogens with zero attached hydrogens (tertiary/aromatic N) is 2. The lowest BCUT2D eigenvalue weighted by molar-refractivity contribution is 0.762. The maximum Gasteiger partial charge on any atom is 0.209 e. The monoisotopic (exact) mass is 649 g/mol. The predicted octanol–water partition coefficient (Wildman–Crippen LogP) is 12.2. The predicted molar refractivity (Wildman–Crippen MR) is 217 cm³/mol.